The number of benzene rings is 1. The van der Waals surface area contributed by atoms with E-state index in [1.165, 1.54) is 17.0 Å². The number of hydrogen-bond acceptors (Lipinski definition) is 2. The first kappa shape index (κ1) is 11.7. The lowest BCUT2D eigenvalue weighted by Crippen LogP contribution is -1.97. The largest absolute Gasteiger partial charge is 0.380 e. The normalized spacial score (nSPS) is 10.4. The summed E-state index contributed by atoms with van der Waals surface area (Å²) in [7, 11) is 0. The molecule has 1 N–H and O–H groups in total. The molecular formula is C11H8Cl2FNS. The highest BCUT2D eigenvalue weighted by molar-refractivity contribution is 7.09. The molecule has 0 aliphatic carbocycles. The fourth-order valence-corrected chi connectivity index (χ4v) is 2.39. The van der Waals surface area contributed by atoms with Gasteiger partial charge in [-0.2, -0.15) is 0 Å². The number of nitrogens with one attached hydrogen (secondary N) is 1. The van der Waals surface area contributed by atoms with Gasteiger partial charge in [-0.3, -0.25) is 0 Å². The van der Waals surface area contributed by atoms with Crippen molar-refractivity contribution in [1.29, 1.82) is 0 Å². The first-order valence-electron chi connectivity index (χ1n) is 4.57. The monoisotopic (exact) mass is 275 g/mol. The van der Waals surface area contributed by atoms with Crippen LogP contribution in [0.15, 0.2) is 29.6 Å². The van der Waals surface area contributed by atoms with E-state index in [1.807, 2.05) is 17.5 Å². The summed E-state index contributed by atoms with van der Waals surface area (Å²) < 4.78 is 13.1. The number of halogens is 3. The molecule has 0 saturated carbocycles. The molecule has 16 heavy (non-hydrogen) atoms. The number of anilines is 1. The van der Waals surface area contributed by atoms with Crippen molar-refractivity contribution in [3.05, 3.63) is 50.4 Å². The second-order valence-electron chi connectivity index (χ2n) is 3.19. The zero-order valence-corrected chi connectivity index (χ0v) is 10.5. The van der Waals surface area contributed by atoms with Crippen LogP contribution < -0.4 is 5.32 Å². The average molecular weight is 276 g/mol. The number of hydrogen-bond donors (Lipinski definition) is 1. The van der Waals surface area contributed by atoms with Crippen molar-refractivity contribution in [3.63, 3.8) is 0 Å². The van der Waals surface area contributed by atoms with Gasteiger partial charge in [-0.05, 0) is 23.6 Å². The summed E-state index contributed by atoms with van der Waals surface area (Å²) in [5, 5.41) is 5.19. The Hall–Kier alpha value is -0.770. The van der Waals surface area contributed by atoms with Crippen LogP contribution in [0.2, 0.25) is 10.0 Å². The van der Waals surface area contributed by atoms with E-state index in [1.54, 1.807) is 11.3 Å². The summed E-state index contributed by atoms with van der Waals surface area (Å²) in [5.41, 5.74) is 0.713. The van der Waals surface area contributed by atoms with Gasteiger partial charge in [0, 0.05) is 17.1 Å². The summed E-state index contributed by atoms with van der Waals surface area (Å²) in [6.45, 7) is 0.677. The van der Waals surface area contributed by atoms with Crippen molar-refractivity contribution < 1.29 is 4.39 Å². The van der Waals surface area contributed by atoms with Crippen molar-refractivity contribution in [2.45, 2.75) is 6.54 Å². The maximum absolute atomic E-state index is 13.1. The molecule has 1 nitrogen and oxygen atoms in total. The van der Waals surface area contributed by atoms with Crippen LogP contribution in [0, 0.1) is 5.82 Å². The van der Waals surface area contributed by atoms with E-state index in [0.29, 0.717) is 12.2 Å². The lowest BCUT2D eigenvalue weighted by molar-refractivity contribution is 0.629. The third-order valence-electron chi connectivity index (χ3n) is 2.03. The smallest absolute Gasteiger partial charge is 0.160 e. The molecule has 0 aliphatic rings. The number of thiophene rings is 1. The minimum absolute atomic E-state index is 0.0289. The highest BCUT2D eigenvalue weighted by Crippen LogP contribution is 2.27. The molecule has 0 radical (unpaired) electrons. The Morgan fingerprint density at radius 3 is 2.50 bits per heavy atom. The third-order valence-corrected chi connectivity index (χ3v) is 3.46. The van der Waals surface area contributed by atoms with Crippen LogP contribution in [-0.4, -0.2) is 0 Å². The molecule has 0 atom stereocenters. The first-order chi connectivity index (χ1) is 7.66. The Morgan fingerprint density at radius 1 is 1.25 bits per heavy atom. The molecule has 0 unspecified atom stereocenters. The molecule has 2 rings (SSSR count). The molecule has 0 saturated heterocycles. The molecule has 0 aliphatic heterocycles. The Bertz CT molecular complexity index is 462. The summed E-state index contributed by atoms with van der Waals surface area (Å²) in [6.07, 6.45) is 0. The predicted molar refractivity (Wildman–Crippen MR) is 68.1 cm³/mol. The predicted octanol–water partition coefficient (Wildman–Crippen LogP) is 4.81. The van der Waals surface area contributed by atoms with Crippen LogP contribution in [0.4, 0.5) is 10.1 Å². The molecule has 5 heteroatoms. The molecule has 0 amide bonds. The first-order valence-corrected chi connectivity index (χ1v) is 6.21. The summed E-state index contributed by atoms with van der Waals surface area (Å²) >= 11 is 13.0. The van der Waals surface area contributed by atoms with Crippen LogP contribution in [0.1, 0.15) is 4.88 Å². The van der Waals surface area contributed by atoms with E-state index >= 15 is 0 Å². The fraction of sp³-hybridized carbons (Fsp3) is 0.0909. The lowest BCUT2D eigenvalue weighted by Gasteiger charge is -2.07. The molecule has 0 bridgehead atoms. The second kappa shape index (κ2) is 5.04. The molecule has 1 aromatic heterocycles. The van der Waals surface area contributed by atoms with Crippen molar-refractivity contribution in [1.82, 2.24) is 0 Å². The maximum atomic E-state index is 13.1. The van der Waals surface area contributed by atoms with Gasteiger partial charge in [0.2, 0.25) is 0 Å². The SMILES string of the molecule is Fc1c(Cl)cc(NCc2cccs2)cc1Cl. The molecule has 0 fully saturated rings. The van der Waals surface area contributed by atoms with Gasteiger partial charge in [0.05, 0.1) is 10.0 Å². The topological polar surface area (TPSA) is 12.0 Å². The lowest BCUT2D eigenvalue weighted by atomic mass is 10.3. The third kappa shape index (κ3) is 2.67. The Kier molecular flexibility index (Phi) is 3.69. The van der Waals surface area contributed by atoms with E-state index in [4.69, 9.17) is 23.2 Å². The highest BCUT2D eigenvalue weighted by Gasteiger charge is 2.07. The second-order valence-corrected chi connectivity index (χ2v) is 5.03. The summed E-state index contributed by atoms with van der Waals surface area (Å²) in [6, 6.07) is 7.05. The van der Waals surface area contributed by atoms with Gasteiger partial charge in [-0.1, -0.05) is 29.3 Å². The number of rotatable bonds is 3. The van der Waals surface area contributed by atoms with E-state index in [2.05, 4.69) is 5.32 Å². The van der Waals surface area contributed by atoms with Crippen LogP contribution in [0.5, 0.6) is 0 Å². The molecular weight excluding hydrogens is 268 g/mol. The zero-order chi connectivity index (χ0) is 11.5. The minimum Gasteiger partial charge on any atom is -0.380 e. The summed E-state index contributed by atoms with van der Waals surface area (Å²) in [5.74, 6) is -0.579. The van der Waals surface area contributed by atoms with Gasteiger partial charge in [-0.15, -0.1) is 11.3 Å². The summed E-state index contributed by atoms with van der Waals surface area (Å²) in [4.78, 5) is 1.19. The molecule has 1 aromatic carbocycles. The van der Waals surface area contributed by atoms with Gasteiger partial charge < -0.3 is 5.32 Å². The Balaban J connectivity index is 2.10. The molecule has 1 heterocycles. The van der Waals surface area contributed by atoms with E-state index < -0.39 is 5.82 Å². The van der Waals surface area contributed by atoms with E-state index in [-0.39, 0.29) is 10.0 Å². The van der Waals surface area contributed by atoms with Gasteiger partial charge in [-0.25, -0.2) is 4.39 Å². The van der Waals surface area contributed by atoms with Crippen molar-refractivity contribution in [2.75, 3.05) is 5.32 Å². The highest BCUT2D eigenvalue weighted by atomic mass is 35.5. The Labute approximate surface area is 107 Å². The quantitative estimate of drug-likeness (QED) is 0.793. The van der Waals surface area contributed by atoms with Crippen LogP contribution >= 0.6 is 34.5 Å². The van der Waals surface area contributed by atoms with Crippen LogP contribution in [-0.2, 0) is 6.54 Å². The average Bonchev–Trinajstić information content (AvgIpc) is 2.75. The van der Waals surface area contributed by atoms with Crippen LogP contribution in [0.3, 0.4) is 0 Å². The maximum Gasteiger partial charge on any atom is 0.160 e. The zero-order valence-electron chi connectivity index (χ0n) is 8.14. The van der Waals surface area contributed by atoms with Gasteiger partial charge in [0.25, 0.3) is 0 Å². The molecule has 0 spiro atoms. The van der Waals surface area contributed by atoms with Crippen LogP contribution in [0.25, 0.3) is 0 Å². The fourth-order valence-electron chi connectivity index (χ4n) is 1.26. The molecule has 84 valence electrons. The van der Waals surface area contributed by atoms with Crippen molar-refractivity contribution >= 4 is 40.2 Å². The van der Waals surface area contributed by atoms with Crippen molar-refractivity contribution in [3.8, 4) is 0 Å². The van der Waals surface area contributed by atoms with Gasteiger partial charge in [0.1, 0.15) is 0 Å². The van der Waals surface area contributed by atoms with Gasteiger partial charge >= 0.3 is 0 Å². The van der Waals surface area contributed by atoms with E-state index in [9.17, 15) is 4.39 Å². The van der Waals surface area contributed by atoms with Crippen molar-refractivity contribution in [2.24, 2.45) is 0 Å². The molecule has 2 aromatic rings. The minimum atomic E-state index is -0.579. The van der Waals surface area contributed by atoms with Gasteiger partial charge in [0.15, 0.2) is 5.82 Å². The Morgan fingerprint density at radius 2 is 1.94 bits per heavy atom. The van der Waals surface area contributed by atoms with E-state index in [0.717, 1.165) is 0 Å². The standard InChI is InChI=1S/C11H8Cl2FNS/c12-9-4-7(5-10(13)11(9)14)15-6-8-2-1-3-16-8/h1-5,15H,6H2.